The van der Waals surface area contributed by atoms with Crippen molar-refractivity contribution in [2.45, 2.75) is 13.3 Å². The highest BCUT2D eigenvalue weighted by molar-refractivity contribution is 5.30. The zero-order valence-corrected chi connectivity index (χ0v) is 9.76. The number of benzene rings is 1. The molecule has 2 N–H and O–H groups in total. The first-order valence-electron chi connectivity index (χ1n) is 5.53. The molecule has 1 aromatic carbocycles. The highest BCUT2D eigenvalue weighted by Gasteiger charge is 1.99. The lowest BCUT2D eigenvalue weighted by atomic mass is 10.2. The summed E-state index contributed by atoms with van der Waals surface area (Å²) in [6.07, 6.45) is 4.01. The number of nitrogens with two attached hydrogens (primary N) is 1. The molecule has 1 aromatic heterocycles. The molecule has 0 aliphatic carbocycles. The standard InChI is InChI=1S/C13H15N3O/c1-10-2-4-11(5-3-10)17-12-8-15-13(6-7-14)16-9-12/h2-5,8-9H,6-7,14H2,1H3. The van der Waals surface area contributed by atoms with Crippen LogP contribution in [0.2, 0.25) is 0 Å². The Balaban J connectivity index is 2.05. The molecule has 1 heterocycles. The summed E-state index contributed by atoms with van der Waals surface area (Å²) in [6.45, 7) is 2.59. The summed E-state index contributed by atoms with van der Waals surface area (Å²) in [5.74, 6) is 2.16. The van der Waals surface area contributed by atoms with E-state index in [0.29, 0.717) is 18.7 Å². The van der Waals surface area contributed by atoms with Crippen LogP contribution in [0.25, 0.3) is 0 Å². The van der Waals surface area contributed by atoms with E-state index in [1.807, 2.05) is 31.2 Å². The van der Waals surface area contributed by atoms with Gasteiger partial charge in [-0.1, -0.05) is 17.7 Å². The zero-order valence-electron chi connectivity index (χ0n) is 9.76. The normalized spacial score (nSPS) is 10.2. The molecule has 0 atom stereocenters. The minimum atomic E-state index is 0.554. The third-order valence-electron chi connectivity index (χ3n) is 2.31. The van der Waals surface area contributed by atoms with Gasteiger partial charge in [-0.15, -0.1) is 0 Å². The third kappa shape index (κ3) is 3.26. The summed E-state index contributed by atoms with van der Waals surface area (Å²) in [5, 5.41) is 0. The molecule has 88 valence electrons. The van der Waals surface area contributed by atoms with Crippen LogP contribution in [0.3, 0.4) is 0 Å². The molecule has 17 heavy (non-hydrogen) atoms. The molecule has 0 unspecified atom stereocenters. The average Bonchev–Trinajstić information content (AvgIpc) is 2.35. The zero-order chi connectivity index (χ0) is 12.1. The van der Waals surface area contributed by atoms with Crippen molar-refractivity contribution in [2.24, 2.45) is 5.73 Å². The molecule has 0 amide bonds. The van der Waals surface area contributed by atoms with Gasteiger partial charge in [-0.25, -0.2) is 9.97 Å². The van der Waals surface area contributed by atoms with Crippen molar-refractivity contribution < 1.29 is 4.74 Å². The van der Waals surface area contributed by atoms with Crippen LogP contribution in [0, 0.1) is 6.92 Å². The van der Waals surface area contributed by atoms with Crippen LogP contribution in [-0.2, 0) is 6.42 Å². The maximum atomic E-state index is 5.61. The molecular formula is C13H15N3O. The molecule has 0 spiro atoms. The SMILES string of the molecule is Cc1ccc(Oc2cnc(CCN)nc2)cc1. The van der Waals surface area contributed by atoms with Crippen molar-refractivity contribution in [3.05, 3.63) is 48.0 Å². The number of ether oxygens (including phenoxy) is 1. The number of aryl methyl sites for hydroxylation is 1. The fraction of sp³-hybridized carbons (Fsp3) is 0.231. The van der Waals surface area contributed by atoms with Crippen LogP contribution in [0.4, 0.5) is 0 Å². The van der Waals surface area contributed by atoms with Crippen LogP contribution in [0.1, 0.15) is 11.4 Å². The van der Waals surface area contributed by atoms with E-state index in [0.717, 1.165) is 11.6 Å². The van der Waals surface area contributed by atoms with Crippen LogP contribution >= 0.6 is 0 Å². The molecule has 0 aliphatic rings. The van der Waals surface area contributed by atoms with Crippen molar-refractivity contribution in [2.75, 3.05) is 6.54 Å². The minimum Gasteiger partial charge on any atom is -0.454 e. The van der Waals surface area contributed by atoms with Gasteiger partial charge in [0.2, 0.25) is 0 Å². The quantitative estimate of drug-likeness (QED) is 0.872. The first-order valence-corrected chi connectivity index (χ1v) is 5.53. The van der Waals surface area contributed by atoms with Crippen molar-refractivity contribution >= 4 is 0 Å². The predicted molar refractivity (Wildman–Crippen MR) is 66.0 cm³/mol. The van der Waals surface area contributed by atoms with Crippen LogP contribution in [-0.4, -0.2) is 16.5 Å². The second kappa shape index (κ2) is 5.41. The Hall–Kier alpha value is -1.94. The summed E-state index contributed by atoms with van der Waals surface area (Å²) in [7, 11) is 0. The Labute approximate surface area is 100 Å². The summed E-state index contributed by atoms with van der Waals surface area (Å²) < 4.78 is 5.61. The Morgan fingerprint density at radius 3 is 2.29 bits per heavy atom. The van der Waals surface area contributed by atoms with Crippen molar-refractivity contribution in [3.8, 4) is 11.5 Å². The predicted octanol–water partition coefficient (Wildman–Crippen LogP) is 2.08. The number of hydrogen-bond donors (Lipinski definition) is 1. The second-order valence-corrected chi connectivity index (χ2v) is 3.79. The molecule has 2 rings (SSSR count). The summed E-state index contributed by atoms with van der Waals surface area (Å²) in [5.41, 5.74) is 6.63. The lowest BCUT2D eigenvalue weighted by Gasteiger charge is -2.05. The average molecular weight is 229 g/mol. The maximum absolute atomic E-state index is 5.61. The summed E-state index contributed by atoms with van der Waals surface area (Å²) in [4.78, 5) is 8.33. The Morgan fingerprint density at radius 1 is 1.06 bits per heavy atom. The molecule has 0 saturated heterocycles. The van der Waals surface area contributed by atoms with E-state index in [9.17, 15) is 0 Å². The van der Waals surface area contributed by atoms with Gasteiger partial charge in [-0.3, -0.25) is 0 Å². The first-order chi connectivity index (χ1) is 8.28. The highest BCUT2D eigenvalue weighted by Crippen LogP contribution is 2.19. The molecule has 0 saturated carbocycles. The smallest absolute Gasteiger partial charge is 0.164 e. The second-order valence-electron chi connectivity index (χ2n) is 3.79. The summed E-state index contributed by atoms with van der Waals surface area (Å²) in [6, 6.07) is 7.84. The maximum Gasteiger partial charge on any atom is 0.164 e. The number of hydrogen-bond acceptors (Lipinski definition) is 4. The van der Waals surface area contributed by atoms with E-state index in [4.69, 9.17) is 10.5 Å². The van der Waals surface area contributed by atoms with E-state index >= 15 is 0 Å². The molecule has 4 heteroatoms. The summed E-state index contributed by atoms with van der Waals surface area (Å²) >= 11 is 0. The van der Waals surface area contributed by atoms with Gasteiger partial charge in [0, 0.05) is 6.42 Å². The molecule has 0 bridgehead atoms. The van der Waals surface area contributed by atoms with Gasteiger partial charge >= 0.3 is 0 Å². The molecular weight excluding hydrogens is 214 g/mol. The van der Waals surface area contributed by atoms with Gasteiger partial charge in [0.15, 0.2) is 5.75 Å². The minimum absolute atomic E-state index is 0.554. The van der Waals surface area contributed by atoms with E-state index in [-0.39, 0.29) is 0 Å². The van der Waals surface area contributed by atoms with Crippen LogP contribution < -0.4 is 10.5 Å². The molecule has 0 fully saturated rings. The van der Waals surface area contributed by atoms with Crippen molar-refractivity contribution in [3.63, 3.8) is 0 Å². The fourth-order valence-electron chi connectivity index (χ4n) is 1.40. The van der Waals surface area contributed by atoms with Crippen LogP contribution in [0.5, 0.6) is 11.5 Å². The largest absolute Gasteiger partial charge is 0.454 e. The van der Waals surface area contributed by atoms with Gasteiger partial charge in [0.1, 0.15) is 11.6 Å². The molecule has 4 nitrogen and oxygen atoms in total. The fourth-order valence-corrected chi connectivity index (χ4v) is 1.40. The first kappa shape index (κ1) is 11.5. The van der Waals surface area contributed by atoms with E-state index in [1.165, 1.54) is 5.56 Å². The van der Waals surface area contributed by atoms with Gasteiger partial charge in [0.05, 0.1) is 12.4 Å². The highest BCUT2D eigenvalue weighted by atomic mass is 16.5. The number of nitrogens with zero attached hydrogens (tertiary/aromatic N) is 2. The number of rotatable bonds is 4. The lowest BCUT2D eigenvalue weighted by Crippen LogP contribution is -2.06. The van der Waals surface area contributed by atoms with Gasteiger partial charge in [-0.05, 0) is 25.6 Å². The van der Waals surface area contributed by atoms with Gasteiger partial charge in [-0.2, -0.15) is 0 Å². The Bertz CT molecular complexity index is 465. The van der Waals surface area contributed by atoms with Crippen LogP contribution in [0.15, 0.2) is 36.7 Å². The molecule has 0 radical (unpaired) electrons. The number of aromatic nitrogens is 2. The Morgan fingerprint density at radius 2 is 1.71 bits per heavy atom. The van der Waals surface area contributed by atoms with Crippen molar-refractivity contribution in [1.29, 1.82) is 0 Å². The van der Waals surface area contributed by atoms with E-state index < -0.39 is 0 Å². The third-order valence-corrected chi connectivity index (χ3v) is 2.31. The Kier molecular flexibility index (Phi) is 3.67. The van der Waals surface area contributed by atoms with E-state index in [2.05, 4.69) is 9.97 Å². The molecule has 2 aromatic rings. The van der Waals surface area contributed by atoms with Gasteiger partial charge in [0.25, 0.3) is 0 Å². The van der Waals surface area contributed by atoms with E-state index in [1.54, 1.807) is 12.4 Å². The van der Waals surface area contributed by atoms with Gasteiger partial charge < -0.3 is 10.5 Å². The monoisotopic (exact) mass is 229 g/mol. The molecule has 0 aliphatic heterocycles. The lowest BCUT2D eigenvalue weighted by molar-refractivity contribution is 0.476. The van der Waals surface area contributed by atoms with Crippen molar-refractivity contribution in [1.82, 2.24) is 9.97 Å². The topological polar surface area (TPSA) is 61.0 Å².